The van der Waals surface area contributed by atoms with Gasteiger partial charge < -0.3 is 18.9 Å². The molecule has 0 amide bonds. The molecule has 1 aromatic carbocycles. The third-order valence-corrected chi connectivity index (χ3v) is 1.98. The number of carbonyl (C=O) groups is 1. The monoisotopic (exact) mass is 226 g/mol. The molecule has 0 radical (unpaired) electrons. The summed E-state index contributed by atoms with van der Waals surface area (Å²) >= 11 is 0. The van der Waals surface area contributed by atoms with Gasteiger partial charge in [0.1, 0.15) is 0 Å². The van der Waals surface area contributed by atoms with Crippen molar-refractivity contribution in [2.75, 3.05) is 28.1 Å². The number of hydrogen-bond donors (Lipinski definition) is 0. The van der Waals surface area contributed by atoms with Gasteiger partial charge in [-0.05, 0) is 12.1 Å². The summed E-state index contributed by atoms with van der Waals surface area (Å²) in [7, 11) is 4.47. The van der Waals surface area contributed by atoms with E-state index in [0.717, 1.165) is 0 Å². The molecule has 0 aliphatic heterocycles. The van der Waals surface area contributed by atoms with Crippen LogP contribution in [0.5, 0.6) is 17.2 Å². The number of rotatable bonds is 6. The molecular weight excluding hydrogens is 212 g/mol. The quantitative estimate of drug-likeness (QED) is 0.543. The highest BCUT2D eigenvalue weighted by Gasteiger charge is 2.15. The van der Waals surface area contributed by atoms with Crippen LogP contribution in [0.15, 0.2) is 12.1 Å². The largest absolute Gasteiger partial charge is 0.493 e. The minimum atomic E-state index is 0.0506. The van der Waals surface area contributed by atoms with Crippen LogP contribution in [0.4, 0.5) is 0 Å². The fourth-order valence-corrected chi connectivity index (χ4v) is 1.28. The molecule has 0 N–H and O–H groups in total. The van der Waals surface area contributed by atoms with Crippen molar-refractivity contribution in [2.24, 2.45) is 0 Å². The molecule has 0 fully saturated rings. The van der Waals surface area contributed by atoms with Crippen LogP contribution in [0.25, 0.3) is 0 Å². The molecule has 0 spiro atoms. The molecule has 0 aromatic heterocycles. The summed E-state index contributed by atoms with van der Waals surface area (Å²) in [6.45, 7) is 0.0506. The summed E-state index contributed by atoms with van der Waals surface area (Å²) in [6.07, 6.45) is 0.692. The number of hydrogen-bond acceptors (Lipinski definition) is 5. The van der Waals surface area contributed by atoms with Gasteiger partial charge in [0.25, 0.3) is 0 Å². The average Bonchev–Trinajstić information content (AvgIpc) is 2.34. The van der Waals surface area contributed by atoms with Crippen LogP contribution in [0.1, 0.15) is 10.4 Å². The smallest absolute Gasteiger partial charge is 0.206 e. The van der Waals surface area contributed by atoms with Gasteiger partial charge >= 0.3 is 0 Å². The minimum Gasteiger partial charge on any atom is -0.493 e. The van der Waals surface area contributed by atoms with Crippen LogP contribution < -0.4 is 14.2 Å². The Bertz CT molecular complexity index is 362. The van der Waals surface area contributed by atoms with Crippen LogP contribution in [-0.2, 0) is 4.74 Å². The first-order valence-corrected chi connectivity index (χ1v) is 4.60. The second kappa shape index (κ2) is 5.97. The number of methoxy groups -OCH3 is 3. The summed E-state index contributed by atoms with van der Waals surface area (Å²) in [5.41, 5.74) is 0.398. The van der Waals surface area contributed by atoms with Crippen molar-refractivity contribution in [2.45, 2.75) is 0 Å². The highest BCUT2D eigenvalue weighted by Crippen LogP contribution is 2.39. The van der Waals surface area contributed by atoms with Crippen LogP contribution in [0, 0.1) is 0 Å². The van der Waals surface area contributed by atoms with Crippen molar-refractivity contribution in [1.82, 2.24) is 0 Å². The summed E-state index contributed by atoms with van der Waals surface area (Å²) < 4.78 is 20.3. The van der Waals surface area contributed by atoms with Crippen molar-refractivity contribution in [3.8, 4) is 17.2 Å². The lowest BCUT2D eigenvalue weighted by atomic mass is 10.2. The maximum atomic E-state index is 10.8. The van der Waals surface area contributed by atoms with E-state index in [1.54, 1.807) is 12.1 Å². The van der Waals surface area contributed by atoms with E-state index in [1.807, 2.05) is 0 Å². The van der Waals surface area contributed by atoms with Crippen LogP contribution in [0.2, 0.25) is 0 Å². The van der Waals surface area contributed by atoms with E-state index in [0.29, 0.717) is 29.1 Å². The Hall–Kier alpha value is -1.75. The van der Waals surface area contributed by atoms with Gasteiger partial charge in [0.05, 0.1) is 19.8 Å². The summed E-state index contributed by atoms with van der Waals surface area (Å²) in [4.78, 5) is 10.8. The summed E-state index contributed by atoms with van der Waals surface area (Å²) in [5, 5.41) is 0. The van der Waals surface area contributed by atoms with E-state index in [-0.39, 0.29) is 6.79 Å². The Morgan fingerprint density at radius 1 is 1.12 bits per heavy atom. The number of aldehydes is 1. The zero-order valence-corrected chi connectivity index (χ0v) is 9.48. The minimum absolute atomic E-state index is 0.0506. The number of ether oxygens (including phenoxy) is 4. The highest BCUT2D eigenvalue weighted by atomic mass is 16.7. The molecule has 0 unspecified atom stereocenters. The lowest BCUT2D eigenvalue weighted by Crippen LogP contribution is -2.04. The van der Waals surface area contributed by atoms with Gasteiger partial charge in [0.15, 0.2) is 24.6 Å². The zero-order chi connectivity index (χ0) is 12.0. The van der Waals surface area contributed by atoms with Crippen LogP contribution >= 0.6 is 0 Å². The normalized spacial score (nSPS) is 9.69. The van der Waals surface area contributed by atoms with E-state index in [1.165, 1.54) is 21.3 Å². The van der Waals surface area contributed by atoms with Gasteiger partial charge in [0, 0.05) is 7.11 Å². The van der Waals surface area contributed by atoms with E-state index in [4.69, 9.17) is 18.9 Å². The first-order chi connectivity index (χ1) is 7.78. The topological polar surface area (TPSA) is 54.0 Å². The maximum Gasteiger partial charge on any atom is 0.206 e. The first kappa shape index (κ1) is 12.3. The third kappa shape index (κ3) is 2.43. The number of carbonyl (C=O) groups excluding carboxylic acids is 1. The maximum absolute atomic E-state index is 10.8. The Morgan fingerprint density at radius 2 is 1.88 bits per heavy atom. The molecule has 5 heteroatoms. The molecule has 0 aliphatic carbocycles. The number of benzene rings is 1. The molecule has 0 atom stereocenters. The molecule has 88 valence electrons. The van der Waals surface area contributed by atoms with Crippen molar-refractivity contribution >= 4 is 6.29 Å². The van der Waals surface area contributed by atoms with Crippen molar-refractivity contribution in [1.29, 1.82) is 0 Å². The molecule has 0 bridgehead atoms. The third-order valence-electron chi connectivity index (χ3n) is 1.98. The summed E-state index contributed by atoms with van der Waals surface area (Å²) in [5.74, 6) is 1.18. The molecule has 1 aromatic rings. The highest BCUT2D eigenvalue weighted by molar-refractivity contribution is 5.82. The van der Waals surface area contributed by atoms with Gasteiger partial charge in [-0.1, -0.05) is 0 Å². The summed E-state index contributed by atoms with van der Waals surface area (Å²) in [6, 6.07) is 3.24. The Morgan fingerprint density at radius 3 is 2.38 bits per heavy atom. The van der Waals surface area contributed by atoms with Gasteiger partial charge in [-0.3, -0.25) is 4.79 Å². The van der Waals surface area contributed by atoms with E-state index in [2.05, 4.69) is 0 Å². The second-order valence-electron chi connectivity index (χ2n) is 2.89. The average molecular weight is 226 g/mol. The molecule has 16 heavy (non-hydrogen) atoms. The fraction of sp³-hybridized carbons (Fsp3) is 0.364. The van der Waals surface area contributed by atoms with Crippen LogP contribution in [0.3, 0.4) is 0 Å². The van der Waals surface area contributed by atoms with E-state index < -0.39 is 0 Å². The van der Waals surface area contributed by atoms with Crippen molar-refractivity contribution < 1.29 is 23.7 Å². The van der Waals surface area contributed by atoms with Crippen molar-refractivity contribution in [3.63, 3.8) is 0 Å². The Kier molecular flexibility index (Phi) is 4.60. The van der Waals surface area contributed by atoms with Gasteiger partial charge in [-0.2, -0.15) is 0 Å². The van der Waals surface area contributed by atoms with E-state index >= 15 is 0 Å². The van der Waals surface area contributed by atoms with Gasteiger partial charge in [0.2, 0.25) is 5.75 Å². The zero-order valence-electron chi connectivity index (χ0n) is 9.48. The molecular formula is C11H14O5. The van der Waals surface area contributed by atoms with Gasteiger partial charge in [-0.15, -0.1) is 0 Å². The predicted molar refractivity (Wildman–Crippen MR) is 57.4 cm³/mol. The van der Waals surface area contributed by atoms with Crippen molar-refractivity contribution in [3.05, 3.63) is 17.7 Å². The molecule has 0 heterocycles. The standard InChI is InChI=1S/C11H14O5/c1-13-7-16-11-9(14-2)5-4-8(6-12)10(11)15-3/h4-6H,7H2,1-3H3. The molecule has 0 aliphatic rings. The SMILES string of the molecule is COCOc1c(OC)ccc(C=O)c1OC. The predicted octanol–water partition coefficient (Wildman–Crippen LogP) is 1.50. The molecule has 0 saturated heterocycles. The second-order valence-corrected chi connectivity index (χ2v) is 2.89. The lowest BCUT2D eigenvalue weighted by molar-refractivity contribution is 0.0470. The van der Waals surface area contributed by atoms with E-state index in [9.17, 15) is 4.79 Å². The molecule has 0 saturated carbocycles. The van der Waals surface area contributed by atoms with Crippen LogP contribution in [-0.4, -0.2) is 34.4 Å². The first-order valence-electron chi connectivity index (χ1n) is 4.60. The Labute approximate surface area is 93.9 Å². The Balaban J connectivity index is 3.19. The lowest BCUT2D eigenvalue weighted by Gasteiger charge is -2.14. The van der Waals surface area contributed by atoms with Gasteiger partial charge in [-0.25, -0.2) is 0 Å². The molecule has 1 rings (SSSR count). The fourth-order valence-electron chi connectivity index (χ4n) is 1.28. The molecule has 5 nitrogen and oxygen atoms in total.